The van der Waals surface area contributed by atoms with Crippen molar-refractivity contribution in [1.82, 2.24) is 15.5 Å². The maximum Gasteiger partial charge on any atom is 0.408 e. The second kappa shape index (κ2) is 11.0. The topological polar surface area (TPSA) is 97.0 Å². The first kappa shape index (κ1) is 24.5. The number of ether oxygens (including phenoxy) is 2. The van der Waals surface area contributed by atoms with Crippen molar-refractivity contribution in [2.45, 2.75) is 53.1 Å². The molecule has 8 nitrogen and oxygen atoms in total. The van der Waals surface area contributed by atoms with Crippen molar-refractivity contribution in [3.63, 3.8) is 0 Å². The summed E-state index contributed by atoms with van der Waals surface area (Å²) in [4.78, 5) is 37.8. The van der Waals surface area contributed by atoms with Crippen LogP contribution in [0.15, 0.2) is 18.2 Å². The van der Waals surface area contributed by atoms with Gasteiger partial charge in [-0.05, 0) is 70.6 Å². The average Bonchev–Trinajstić information content (AvgIpc) is 2.70. The molecule has 0 spiro atoms. The highest BCUT2D eigenvalue weighted by Crippen LogP contribution is 2.20. The molecule has 31 heavy (non-hydrogen) atoms. The van der Waals surface area contributed by atoms with Crippen LogP contribution in [0.4, 0.5) is 4.79 Å². The van der Waals surface area contributed by atoms with E-state index in [1.54, 1.807) is 25.7 Å². The normalized spacial score (nSPS) is 14.7. The molecule has 0 saturated carbocycles. The van der Waals surface area contributed by atoms with Gasteiger partial charge in [0.25, 0.3) is 5.91 Å². The number of nitrogens with zero attached hydrogens (tertiary/aromatic N) is 1. The van der Waals surface area contributed by atoms with Crippen LogP contribution < -0.4 is 15.4 Å². The Morgan fingerprint density at radius 2 is 1.77 bits per heavy atom. The molecule has 0 aromatic heterocycles. The molecule has 1 fully saturated rings. The summed E-state index contributed by atoms with van der Waals surface area (Å²) in [5.74, 6) is 0.755. The first-order valence-corrected chi connectivity index (χ1v) is 10.8. The molecule has 1 aliphatic rings. The fourth-order valence-electron chi connectivity index (χ4n) is 3.29. The van der Waals surface area contributed by atoms with E-state index in [0.717, 1.165) is 29.7 Å². The summed E-state index contributed by atoms with van der Waals surface area (Å²) < 4.78 is 10.8. The predicted molar refractivity (Wildman–Crippen MR) is 118 cm³/mol. The number of benzene rings is 1. The third-order valence-corrected chi connectivity index (χ3v) is 5.25. The number of carbonyl (C=O) groups is 3. The van der Waals surface area contributed by atoms with Crippen molar-refractivity contribution >= 4 is 17.9 Å². The summed E-state index contributed by atoms with van der Waals surface area (Å²) in [6.45, 7) is 11.0. The van der Waals surface area contributed by atoms with Gasteiger partial charge in [-0.1, -0.05) is 12.1 Å². The third-order valence-electron chi connectivity index (χ3n) is 5.25. The highest BCUT2D eigenvalue weighted by molar-refractivity contribution is 5.82. The van der Waals surface area contributed by atoms with Crippen LogP contribution in [0.1, 0.15) is 44.7 Å². The number of amides is 3. The zero-order valence-corrected chi connectivity index (χ0v) is 19.2. The molecule has 8 heteroatoms. The van der Waals surface area contributed by atoms with E-state index in [0.29, 0.717) is 25.6 Å². The largest absolute Gasteiger partial charge is 0.483 e. The quantitative estimate of drug-likeness (QED) is 0.689. The van der Waals surface area contributed by atoms with Gasteiger partial charge in [-0.15, -0.1) is 0 Å². The molecule has 0 radical (unpaired) electrons. The second-order valence-corrected chi connectivity index (χ2v) is 8.97. The van der Waals surface area contributed by atoms with Crippen LogP contribution in [-0.4, -0.2) is 61.2 Å². The smallest absolute Gasteiger partial charge is 0.408 e. The highest BCUT2D eigenvalue weighted by atomic mass is 16.6. The van der Waals surface area contributed by atoms with Gasteiger partial charge in [-0.2, -0.15) is 0 Å². The Hall–Kier alpha value is -2.77. The molecule has 1 saturated heterocycles. The number of aryl methyl sites for hydroxylation is 1. The summed E-state index contributed by atoms with van der Waals surface area (Å²) >= 11 is 0. The van der Waals surface area contributed by atoms with E-state index in [9.17, 15) is 14.4 Å². The van der Waals surface area contributed by atoms with E-state index in [2.05, 4.69) is 10.6 Å². The molecule has 0 atom stereocenters. The van der Waals surface area contributed by atoms with Crippen molar-refractivity contribution in [1.29, 1.82) is 0 Å². The SMILES string of the molecule is Cc1cccc(OCC(=O)NCC2CCN(C(=O)CNC(=O)OC(C)(C)C)CC2)c1C. The number of rotatable bonds is 7. The zero-order chi connectivity index (χ0) is 23.0. The van der Waals surface area contributed by atoms with E-state index in [1.807, 2.05) is 32.0 Å². The standard InChI is InChI=1S/C23H35N3O5/c1-16-7-6-8-19(17(16)2)30-15-20(27)24-13-18-9-11-26(12-10-18)21(28)14-25-22(29)31-23(3,4)5/h6-8,18H,9-15H2,1-5H3,(H,24,27)(H,25,29). The van der Waals surface area contributed by atoms with Gasteiger partial charge in [0.1, 0.15) is 17.9 Å². The summed E-state index contributed by atoms with van der Waals surface area (Å²) in [5.41, 5.74) is 1.56. The van der Waals surface area contributed by atoms with Crippen LogP contribution in [0.5, 0.6) is 5.75 Å². The van der Waals surface area contributed by atoms with Gasteiger partial charge in [0.05, 0.1) is 0 Å². The summed E-state index contributed by atoms with van der Waals surface area (Å²) in [6.07, 6.45) is 1.01. The monoisotopic (exact) mass is 433 g/mol. The average molecular weight is 434 g/mol. The maximum atomic E-state index is 12.3. The Balaban J connectivity index is 1.64. The van der Waals surface area contributed by atoms with E-state index in [4.69, 9.17) is 9.47 Å². The number of piperidine rings is 1. The summed E-state index contributed by atoms with van der Waals surface area (Å²) in [6, 6.07) is 5.78. The molecule has 0 bridgehead atoms. The van der Waals surface area contributed by atoms with Gasteiger partial charge in [0.2, 0.25) is 5.91 Å². The molecule has 3 amide bonds. The van der Waals surface area contributed by atoms with Crippen molar-refractivity contribution < 1.29 is 23.9 Å². The predicted octanol–water partition coefficient (Wildman–Crippen LogP) is 2.56. The van der Waals surface area contributed by atoms with Gasteiger partial charge in [0.15, 0.2) is 6.61 Å². The fraction of sp³-hybridized carbons (Fsp3) is 0.609. The van der Waals surface area contributed by atoms with Crippen LogP contribution in [0.25, 0.3) is 0 Å². The number of nitrogens with one attached hydrogen (secondary N) is 2. The van der Waals surface area contributed by atoms with Crippen molar-refractivity contribution in [3.8, 4) is 5.75 Å². The molecule has 0 aliphatic carbocycles. The molecule has 1 aliphatic heterocycles. The first-order chi connectivity index (χ1) is 14.5. The molecule has 2 N–H and O–H groups in total. The number of likely N-dealkylation sites (tertiary alicyclic amines) is 1. The maximum absolute atomic E-state index is 12.3. The van der Waals surface area contributed by atoms with Crippen molar-refractivity contribution in [2.75, 3.05) is 32.8 Å². The zero-order valence-electron chi connectivity index (χ0n) is 19.2. The number of alkyl carbamates (subject to hydrolysis) is 1. The molecular formula is C23H35N3O5. The molecule has 1 aromatic rings. The van der Waals surface area contributed by atoms with Gasteiger partial charge in [-0.25, -0.2) is 4.79 Å². The number of hydrogen-bond acceptors (Lipinski definition) is 5. The van der Waals surface area contributed by atoms with E-state index >= 15 is 0 Å². The lowest BCUT2D eigenvalue weighted by atomic mass is 9.96. The number of carbonyl (C=O) groups excluding carboxylic acids is 3. The Morgan fingerprint density at radius 3 is 2.42 bits per heavy atom. The van der Waals surface area contributed by atoms with E-state index in [-0.39, 0.29) is 25.0 Å². The first-order valence-electron chi connectivity index (χ1n) is 10.8. The lowest BCUT2D eigenvalue weighted by Gasteiger charge is -2.32. The second-order valence-electron chi connectivity index (χ2n) is 8.97. The Morgan fingerprint density at radius 1 is 1.10 bits per heavy atom. The van der Waals surface area contributed by atoms with Gasteiger partial charge >= 0.3 is 6.09 Å². The third kappa shape index (κ3) is 8.47. The van der Waals surface area contributed by atoms with Crippen LogP contribution in [0.3, 0.4) is 0 Å². The van der Waals surface area contributed by atoms with Crippen LogP contribution in [0.2, 0.25) is 0 Å². The molecule has 2 rings (SSSR count). The Bertz CT molecular complexity index is 780. The fourth-order valence-corrected chi connectivity index (χ4v) is 3.29. The Kier molecular flexibility index (Phi) is 8.71. The van der Waals surface area contributed by atoms with Crippen LogP contribution >= 0.6 is 0 Å². The highest BCUT2D eigenvalue weighted by Gasteiger charge is 2.24. The van der Waals surface area contributed by atoms with E-state index in [1.165, 1.54) is 0 Å². The lowest BCUT2D eigenvalue weighted by molar-refractivity contribution is -0.132. The van der Waals surface area contributed by atoms with Crippen LogP contribution in [0, 0.1) is 19.8 Å². The van der Waals surface area contributed by atoms with Gasteiger partial charge in [-0.3, -0.25) is 9.59 Å². The molecular weight excluding hydrogens is 398 g/mol. The molecule has 1 heterocycles. The van der Waals surface area contributed by atoms with Gasteiger partial charge < -0.3 is 25.0 Å². The lowest BCUT2D eigenvalue weighted by Crippen LogP contribution is -2.46. The minimum Gasteiger partial charge on any atom is -0.483 e. The Labute approximate surface area is 184 Å². The summed E-state index contributed by atoms with van der Waals surface area (Å²) in [5, 5.41) is 5.42. The van der Waals surface area contributed by atoms with Gasteiger partial charge in [0, 0.05) is 19.6 Å². The van der Waals surface area contributed by atoms with E-state index < -0.39 is 11.7 Å². The molecule has 172 valence electrons. The minimum absolute atomic E-state index is 0.0159. The summed E-state index contributed by atoms with van der Waals surface area (Å²) in [7, 11) is 0. The van der Waals surface area contributed by atoms with Crippen molar-refractivity contribution in [2.24, 2.45) is 5.92 Å². The van der Waals surface area contributed by atoms with Crippen LogP contribution in [-0.2, 0) is 14.3 Å². The molecule has 1 aromatic carbocycles. The molecule has 0 unspecified atom stereocenters. The number of hydrogen-bond donors (Lipinski definition) is 2. The van der Waals surface area contributed by atoms with Crippen molar-refractivity contribution in [3.05, 3.63) is 29.3 Å². The minimum atomic E-state index is -0.597.